The monoisotopic (exact) mass is 300 g/mol. The first-order valence-electron chi connectivity index (χ1n) is 7.98. The molecule has 2 heterocycles. The van der Waals surface area contributed by atoms with Crippen LogP contribution in [0.1, 0.15) is 31.4 Å². The average Bonchev–Trinajstić information content (AvgIpc) is 2.74. The van der Waals surface area contributed by atoms with Crippen LogP contribution in [0.2, 0.25) is 0 Å². The van der Waals surface area contributed by atoms with Crippen molar-refractivity contribution >= 4 is 5.82 Å². The second-order valence-electron chi connectivity index (χ2n) is 5.83. The van der Waals surface area contributed by atoms with E-state index in [0.29, 0.717) is 5.82 Å². The van der Waals surface area contributed by atoms with Gasteiger partial charge in [0.1, 0.15) is 17.3 Å². The fraction of sp³-hybridized carbons (Fsp3) is 0.471. The lowest BCUT2D eigenvalue weighted by Gasteiger charge is -2.17. The zero-order chi connectivity index (χ0) is 15.4. The summed E-state index contributed by atoms with van der Waals surface area (Å²) in [7, 11) is 1.66. The molecule has 1 aliphatic rings. The summed E-state index contributed by atoms with van der Waals surface area (Å²) in [6.45, 7) is 3.18. The molecule has 3 rings (SSSR count). The van der Waals surface area contributed by atoms with E-state index in [4.69, 9.17) is 10.5 Å². The maximum atomic E-state index is 6.16. The number of anilines is 1. The van der Waals surface area contributed by atoms with E-state index in [1.165, 1.54) is 25.7 Å². The van der Waals surface area contributed by atoms with Gasteiger partial charge in [-0.1, -0.05) is 25.0 Å². The molecule has 0 unspecified atom stereocenters. The summed E-state index contributed by atoms with van der Waals surface area (Å²) in [6, 6.07) is 9.77. The lowest BCUT2D eigenvalue weighted by Crippen LogP contribution is -2.24. The van der Waals surface area contributed by atoms with E-state index in [-0.39, 0.29) is 0 Å². The summed E-state index contributed by atoms with van der Waals surface area (Å²) in [5, 5.41) is 4.68. The highest BCUT2D eigenvalue weighted by molar-refractivity contribution is 5.51. The molecule has 0 radical (unpaired) electrons. The standard InChI is InChI=1S/C17H24N4O/c1-22-16-9-5-4-8-15(16)21-17(18)12-14(19-21)13-20-10-6-2-3-7-11-20/h4-5,8-9,12H,2-3,6-7,10-11,13,18H2,1H3. The summed E-state index contributed by atoms with van der Waals surface area (Å²) >= 11 is 0. The van der Waals surface area contributed by atoms with Gasteiger partial charge in [-0.3, -0.25) is 4.90 Å². The number of nitrogens with zero attached hydrogens (tertiary/aromatic N) is 3. The Kier molecular flexibility index (Phi) is 4.63. The minimum Gasteiger partial charge on any atom is -0.494 e. The van der Waals surface area contributed by atoms with Crippen molar-refractivity contribution in [1.82, 2.24) is 14.7 Å². The predicted molar refractivity (Wildman–Crippen MR) is 88.3 cm³/mol. The molecule has 22 heavy (non-hydrogen) atoms. The van der Waals surface area contributed by atoms with E-state index in [1.807, 2.05) is 30.3 Å². The number of benzene rings is 1. The number of nitrogen functional groups attached to an aromatic ring is 1. The minimum absolute atomic E-state index is 0.648. The topological polar surface area (TPSA) is 56.3 Å². The average molecular weight is 300 g/mol. The Hall–Kier alpha value is -2.01. The van der Waals surface area contributed by atoms with Crippen molar-refractivity contribution in [3.8, 4) is 11.4 Å². The molecule has 0 aliphatic carbocycles. The molecule has 0 atom stereocenters. The molecular weight excluding hydrogens is 276 g/mol. The zero-order valence-corrected chi connectivity index (χ0v) is 13.2. The Morgan fingerprint density at radius 3 is 2.59 bits per heavy atom. The summed E-state index contributed by atoms with van der Waals surface area (Å²) in [5.41, 5.74) is 8.06. The SMILES string of the molecule is COc1ccccc1-n1nc(CN2CCCCCC2)cc1N. The van der Waals surface area contributed by atoms with Crippen LogP contribution in [-0.4, -0.2) is 34.9 Å². The number of aromatic nitrogens is 2. The molecule has 1 aliphatic heterocycles. The second kappa shape index (κ2) is 6.83. The normalized spacial score (nSPS) is 16.4. The van der Waals surface area contributed by atoms with Gasteiger partial charge in [0.25, 0.3) is 0 Å². The van der Waals surface area contributed by atoms with Gasteiger partial charge in [-0.15, -0.1) is 0 Å². The zero-order valence-electron chi connectivity index (χ0n) is 13.2. The lowest BCUT2D eigenvalue weighted by molar-refractivity contribution is 0.273. The van der Waals surface area contributed by atoms with Crippen molar-refractivity contribution in [3.05, 3.63) is 36.0 Å². The first-order valence-corrected chi connectivity index (χ1v) is 7.98. The van der Waals surface area contributed by atoms with Crippen molar-refractivity contribution in [2.45, 2.75) is 32.2 Å². The van der Waals surface area contributed by atoms with Gasteiger partial charge >= 0.3 is 0 Å². The van der Waals surface area contributed by atoms with Crippen LogP contribution in [0.5, 0.6) is 5.75 Å². The van der Waals surface area contributed by atoms with Crippen LogP contribution in [0.3, 0.4) is 0 Å². The van der Waals surface area contributed by atoms with Gasteiger partial charge in [0, 0.05) is 12.6 Å². The third-order valence-corrected chi connectivity index (χ3v) is 4.19. The number of nitrogens with two attached hydrogens (primary N) is 1. The van der Waals surface area contributed by atoms with E-state index in [0.717, 1.165) is 36.8 Å². The Labute approximate surface area is 131 Å². The fourth-order valence-electron chi connectivity index (χ4n) is 3.05. The van der Waals surface area contributed by atoms with Crippen LogP contribution in [0, 0.1) is 0 Å². The smallest absolute Gasteiger partial charge is 0.144 e. The molecule has 1 aromatic heterocycles. The number of rotatable bonds is 4. The Bertz CT molecular complexity index is 615. The maximum absolute atomic E-state index is 6.16. The number of para-hydroxylation sites is 2. The van der Waals surface area contributed by atoms with Gasteiger partial charge in [0.2, 0.25) is 0 Å². The first-order chi connectivity index (χ1) is 10.8. The van der Waals surface area contributed by atoms with Crippen LogP contribution in [0.15, 0.2) is 30.3 Å². The highest BCUT2D eigenvalue weighted by atomic mass is 16.5. The summed E-state index contributed by atoms with van der Waals surface area (Å²) < 4.78 is 7.17. The first kappa shape index (κ1) is 14.9. The summed E-state index contributed by atoms with van der Waals surface area (Å²) in [6.07, 6.45) is 5.24. The molecule has 2 aromatic rings. The molecule has 0 saturated carbocycles. The van der Waals surface area contributed by atoms with Gasteiger partial charge in [-0.25, -0.2) is 4.68 Å². The van der Waals surface area contributed by atoms with Gasteiger partial charge < -0.3 is 10.5 Å². The van der Waals surface area contributed by atoms with Crippen molar-refractivity contribution in [3.63, 3.8) is 0 Å². The highest BCUT2D eigenvalue weighted by Crippen LogP contribution is 2.25. The molecular formula is C17H24N4O. The Morgan fingerprint density at radius 2 is 1.86 bits per heavy atom. The molecule has 1 aromatic carbocycles. The maximum Gasteiger partial charge on any atom is 0.144 e. The van der Waals surface area contributed by atoms with Crippen LogP contribution >= 0.6 is 0 Å². The molecule has 5 heteroatoms. The highest BCUT2D eigenvalue weighted by Gasteiger charge is 2.14. The van der Waals surface area contributed by atoms with Crippen molar-refractivity contribution < 1.29 is 4.74 Å². The number of hydrogen-bond acceptors (Lipinski definition) is 4. The van der Waals surface area contributed by atoms with Crippen molar-refractivity contribution in [2.75, 3.05) is 25.9 Å². The van der Waals surface area contributed by atoms with Crippen LogP contribution in [0.4, 0.5) is 5.82 Å². The van der Waals surface area contributed by atoms with E-state index < -0.39 is 0 Å². The van der Waals surface area contributed by atoms with E-state index in [9.17, 15) is 0 Å². The molecule has 0 spiro atoms. The van der Waals surface area contributed by atoms with Crippen LogP contribution < -0.4 is 10.5 Å². The van der Waals surface area contributed by atoms with E-state index >= 15 is 0 Å². The lowest BCUT2D eigenvalue weighted by atomic mass is 10.2. The Balaban J connectivity index is 1.81. The van der Waals surface area contributed by atoms with Gasteiger partial charge in [-0.05, 0) is 38.1 Å². The molecule has 0 amide bonds. The van der Waals surface area contributed by atoms with Crippen LogP contribution in [-0.2, 0) is 6.54 Å². The van der Waals surface area contributed by atoms with Gasteiger partial charge in [0.15, 0.2) is 0 Å². The van der Waals surface area contributed by atoms with Crippen molar-refractivity contribution in [2.24, 2.45) is 0 Å². The third kappa shape index (κ3) is 3.25. The second-order valence-corrected chi connectivity index (χ2v) is 5.83. The van der Waals surface area contributed by atoms with Gasteiger partial charge in [0.05, 0.1) is 12.8 Å². The summed E-state index contributed by atoms with van der Waals surface area (Å²) in [4.78, 5) is 2.47. The Morgan fingerprint density at radius 1 is 1.14 bits per heavy atom. The third-order valence-electron chi connectivity index (χ3n) is 4.19. The number of likely N-dealkylation sites (tertiary alicyclic amines) is 1. The van der Waals surface area contributed by atoms with Gasteiger partial charge in [-0.2, -0.15) is 5.10 Å². The fourth-order valence-corrected chi connectivity index (χ4v) is 3.05. The molecule has 5 nitrogen and oxygen atoms in total. The largest absolute Gasteiger partial charge is 0.494 e. The molecule has 1 saturated heterocycles. The van der Waals surface area contributed by atoms with Crippen LogP contribution in [0.25, 0.3) is 5.69 Å². The quantitative estimate of drug-likeness (QED) is 0.943. The number of hydrogen-bond donors (Lipinski definition) is 1. The molecule has 1 fully saturated rings. The molecule has 118 valence electrons. The van der Waals surface area contributed by atoms with Crippen molar-refractivity contribution in [1.29, 1.82) is 0 Å². The number of ether oxygens (including phenoxy) is 1. The minimum atomic E-state index is 0.648. The van der Waals surface area contributed by atoms with E-state index in [1.54, 1.807) is 11.8 Å². The molecule has 2 N–H and O–H groups in total. The van der Waals surface area contributed by atoms with E-state index in [2.05, 4.69) is 10.00 Å². The summed E-state index contributed by atoms with van der Waals surface area (Å²) in [5.74, 6) is 1.42. The predicted octanol–water partition coefficient (Wildman–Crippen LogP) is 2.84. The molecule has 0 bridgehead atoms. The number of methoxy groups -OCH3 is 1.